The molecule has 0 spiro atoms. The summed E-state index contributed by atoms with van der Waals surface area (Å²) in [5.74, 6) is 2.26. The van der Waals surface area contributed by atoms with Crippen LogP contribution in [0.3, 0.4) is 0 Å². The van der Waals surface area contributed by atoms with Gasteiger partial charge in [-0.1, -0.05) is 93.1 Å². The molecule has 6 rings (SSSR count). The average molecular weight is 448 g/mol. The topological polar surface area (TPSA) is 9.23 Å². The van der Waals surface area contributed by atoms with Gasteiger partial charge in [-0.25, -0.2) is 0 Å². The Hall–Kier alpha value is -2.80. The first kappa shape index (κ1) is 21.7. The summed E-state index contributed by atoms with van der Waals surface area (Å²) in [6.45, 7) is 0. The lowest BCUT2D eigenvalue weighted by molar-refractivity contribution is 0.416. The fourth-order valence-corrected chi connectivity index (χ4v) is 6.77. The fraction of sp³-hybridized carbons (Fsp3) is 0.394. The molecule has 2 aliphatic rings. The molecule has 1 nitrogen and oxygen atoms in total. The fourth-order valence-electron chi connectivity index (χ4n) is 6.77. The van der Waals surface area contributed by atoms with E-state index in [1.807, 2.05) is 0 Å². The first-order chi connectivity index (χ1) is 16.8. The molecule has 0 unspecified atom stereocenters. The van der Waals surface area contributed by atoms with Crippen molar-refractivity contribution in [3.8, 4) is 16.9 Å². The summed E-state index contributed by atoms with van der Waals surface area (Å²) in [5, 5.41) is 5.30. The molecule has 0 saturated heterocycles. The van der Waals surface area contributed by atoms with Crippen molar-refractivity contribution in [3.63, 3.8) is 0 Å². The standard InChI is InChI=1S/C33H35O/c1-34-31-21-20-24-14-8-9-17-26(24)33(31)30-22-29(23-12-4-2-5-13-23)32(25-15-6-3-7-16-25)28-19-11-10-18-27(28)30/h8-11,14,17-21,23,25H,2-7,12-13,15-16H2,1H3. The summed E-state index contributed by atoms with van der Waals surface area (Å²) in [7, 11) is 1.80. The molecular formula is C33H35O. The van der Waals surface area contributed by atoms with Gasteiger partial charge in [0.05, 0.1) is 7.11 Å². The van der Waals surface area contributed by atoms with E-state index < -0.39 is 0 Å². The number of hydrogen-bond donors (Lipinski definition) is 0. The molecule has 0 aromatic heterocycles. The lowest BCUT2D eigenvalue weighted by Crippen LogP contribution is -2.13. The van der Waals surface area contributed by atoms with Crippen LogP contribution in [0, 0.1) is 6.07 Å². The summed E-state index contributed by atoms with van der Waals surface area (Å²) in [4.78, 5) is 0. The van der Waals surface area contributed by atoms with Gasteiger partial charge in [0.2, 0.25) is 0 Å². The van der Waals surface area contributed by atoms with Crippen LogP contribution >= 0.6 is 0 Å². The first-order valence-corrected chi connectivity index (χ1v) is 13.4. The highest BCUT2D eigenvalue weighted by atomic mass is 16.5. The van der Waals surface area contributed by atoms with Crippen LogP contribution in [-0.4, -0.2) is 7.11 Å². The van der Waals surface area contributed by atoms with Crippen molar-refractivity contribution in [2.75, 3.05) is 7.11 Å². The van der Waals surface area contributed by atoms with Crippen molar-refractivity contribution in [1.29, 1.82) is 0 Å². The molecule has 0 amide bonds. The van der Waals surface area contributed by atoms with Gasteiger partial charge in [-0.05, 0) is 82.3 Å². The minimum Gasteiger partial charge on any atom is -0.496 e. The molecule has 1 radical (unpaired) electrons. The zero-order valence-corrected chi connectivity index (χ0v) is 20.4. The SMILES string of the molecule is COc1ccc2ccccc2c1-c1[c]c(C2CCCCC2)c(C2CCCCC2)c2ccccc12. The molecule has 4 aromatic rings. The second-order valence-corrected chi connectivity index (χ2v) is 10.4. The second-order valence-electron chi connectivity index (χ2n) is 10.4. The van der Waals surface area contributed by atoms with Crippen LogP contribution in [0.2, 0.25) is 0 Å². The van der Waals surface area contributed by atoms with Gasteiger partial charge in [0.1, 0.15) is 5.75 Å². The van der Waals surface area contributed by atoms with Crippen molar-refractivity contribution in [2.45, 2.75) is 76.0 Å². The number of fused-ring (bicyclic) bond motifs is 2. The summed E-state index contributed by atoms with van der Waals surface area (Å²) in [6.07, 6.45) is 13.5. The second kappa shape index (κ2) is 9.45. The molecule has 0 aliphatic heterocycles. The van der Waals surface area contributed by atoms with E-state index in [0.717, 1.165) is 5.75 Å². The molecule has 0 heterocycles. The lowest BCUT2D eigenvalue weighted by atomic mass is 9.73. The minimum atomic E-state index is 0.634. The monoisotopic (exact) mass is 447 g/mol. The molecular weight excluding hydrogens is 412 g/mol. The molecule has 2 fully saturated rings. The van der Waals surface area contributed by atoms with Crippen molar-refractivity contribution >= 4 is 21.5 Å². The smallest absolute Gasteiger partial charge is 0.127 e. The van der Waals surface area contributed by atoms with Gasteiger partial charge in [0, 0.05) is 11.1 Å². The normalized spacial score (nSPS) is 17.9. The number of benzene rings is 4. The maximum atomic E-state index is 5.97. The molecule has 173 valence electrons. The van der Waals surface area contributed by atoms with Crippen molar-refractivity contribution in [2.24, 2.45) is 0 Å². The van der Waals surface area contributed by atoms with E-state index >= 15 is 0 Å². The highest BCUT2D eigenvalue weighted by Gasteiger charge is 2.28. The lowest BCUT2D eigenvalue weighted by Gasteiger charge is -2.32. The molecule has 2 saturated carbocycles. The maximum Gasteiger partial charge on any atom is 0.127 e. The Labute approximate surface area is 204 Å². The molecule has 0 atom stereocenters. The van der Waals surface area contributed by atoms with Crippen molar-refractivity contribution in [3.05, 3.63) is 77.9 Å². The van der Waals surface area contributed by atoms with E-state index in [-0.39, 0.29) is 0 Å². The Morgan fingerprint density at radius 1 is 0.647 bits per heavy atom. The number of ether oxygens (including phenoxy) is 1. The number of hydrogen-bond acceptors (Lipinski definition) is 1. The highest BCUT2D eigenvalue weighted by molar-refractivity contribution is 6.08. The predicted octanol–water partition coefficient (Wildman–Crippen LogP) is 9.56. The van der Waals surface area contributed by atoms with Gasteiger partial charge >= 0.3 is 0 Å². The Morgan fingerprint density at radius 3 is 1.97 bits per heavy atom. The average Bonchev–Trinajstić information content (AvgIpc) is 2.92. The van der Waals surface area contributed by atoms with Crippen LogP contribution in [0.5, 0.6) is 5.75 Å². The van der Waals surface area contributed by atoms with Crippen molar-refractivity contribution in [1.82, 2.24) is 0 Å². The number of methoxy groups -OCH3 is 1. The third kappa shape index (κ3) is 3.80. The zero-order chi connectivity index (χ0) is 22.9. The van der Waals surface area contributed by atoms with Gasteiger partial charge in [-0.2, -0.15) is 0 Å². The third-order valence-corrected chi connectivity index (χ3v) is 8.42. The van der Waals surface area contributed by atoms with Crippen LogP contribution < -0.4 is 4.74 Å². The van der Waals surface area contributed by atoms with Gasteiger partial charge < -0.3 is 4.74 Å². The molecule has 4 aromatic carbocycles. The largest absolute Gasteiger partial charge is 0.496 e. The molecule has 0 N–H and O–H groups in total. The van der Waals surface area contributed by atoms with Crippen LogP contribution in [0.25, 0.3) is 32.7 Å². The van der Waals surface area contributed by atoms with Gasteiger partial charge in [-0.3, -0.25) is 0 Å². The Balaban J connectivity index is 1.68. The Bertz CT molecular complexity index is 1310. The maximum absolute atomic E-state index is 5.97. The summed E-state index contributed by atoms with van der Waals surface area (Å²) in [5.41, 5.74) is 5.58. The van der Waals surface area contributed by atoms with E-state index in [2.05, 4.69) is 66.7 Å². The van der Waals surface area contributed by atoms with Crippen LogP contribution in [0.1, 0.15) is 87.2 Å². The quantitative estimate of drug-likeness (QED) is 0.302. The molecule has 2 aliphatic carbocycles. The van der Waals surface area contributed by atoms with E-state index in [1.54, 1.807) is 12.7 Å². The van der Waals surface area contributed by atoms with Crippen molar-refractivity contribution < 1.29 is 4.74 Å². The van der Waals surface area contributed by atoms with E-state index in [0.29, 0.717) is 11.8 Å². The van der Waals surface area contributed by atoms with Gasteiger partial charge in [0.15, 0.2) is 0 Å². The number of rotatable bonds is 4. The first-order valence-electron chi connectivity index (χ1n) is 13.4. The summed E-state index contributed by atoms with van der Waals surface area (Å²) in [6, 6.07) is 26.3. The summed E-state index contributed by atoms with van der Waals surface area (Å²) >= 11 is 0. The van der Waals surface area contributed by atoms with E-state index in [1.165, 1.54) is 102 Å². The summed E-state index contributed by atoms with van der Waals surface area (Å²) < 4.78 is 5.97. The molecule has 1 heteroatoms. The zero-order valence-electron chi connectivity index (χ0n) is 20.4. The Kier molecular flexibility index (Phi) is 6.04. The third-order valence-electron chi connectivity index (χ3n) is 8.42. The van der Waals surface area contributed by atoms with Gasteiger partial charge in [-0.15, -0.1) is 0 Å². The molecule has 0 bridgehead atoms. The minimum absolute atomic E-state index is 0.634. The van der Waals surface area contributed by atoms with Gasteiger partial charge in [0.25, 0.3) is 0 Å². The van der Waals surface area contributed by atoms with Crippen LogP contribution in [0.4, 0.5) is 0 Å². The van der Waals surface area contributed by atoms with E-state index in [4.69, 9.17) is 4.74 Å². The Morgan fingerprint density at radius 2 is 1.26 bits per heavy atom. The molecule has 34 heavy (non-hydrogen) atoms. The predicted molar refractivity (Wildman–Crippen MR) is 144 cm³/mol. The van der Waals surface area contributed by atoms with Crippen LogP contribution in [-0.2, 0) is 0 Å². The van der Waals surface area contributed by atoms with E-state index in [9.17, 15) is 0 Å². The highest BCUT2D eigenvalue weighted by Crippen LogP contribution is 2.48. The van der Waals surface area contributed by atoms with Crippen LogP contribution in [0.15, 0.2) is 60.7 Å².